The second-order valence-electron chi connectivity index (χ2n) is 4.19. The SMILES string of the molecule is CCOc1ccc(C(O)c2ccc(Cl)c(N)c2)cc1. The monoisotopic (exact) mass is 277 g/mol. The van der Waals surface area contributed by atoms with Crippen LogP contribution in [0.15, 0.2) is 42.5 Å². The second-order valence-corrected chi connectivity index (χ2v) is 4.59. The largest absolute Gasteiger partial charge is 0.494 e. The molecule has 3 nitrogen and oxygen atoms in total. The van der Waals surface area contributed by atoms with Gasteiger partial charge in [-0.3, -0.25) is 0 Å². The van der Waals surface area contributed by atoms with Crippen molar-refractivity contribution in [3.63, 3.8) is 0 Å². The first kappa shape index (κ1) is 13.7. The van der Waals surface area contributed by atoms with E-state index in [1.165, 1.54) is 0 Å². The van der Waals surface area contributed by atoms with Gasteiger partial charge in [-0.25, -0.2) is 0 Å². The Hall–Kier alpha value is -1.71. The van der Waals surface area contributed by atoms with E-state index in [1.807, 2.05) is 31.2 Å². The van der Waals surface area contributed by atoms with Gasteiger partial charge >= 0.3 is 0 Å². The van der Waals surface area contributed by atoms with Crippen molar-refractivity contribution < 1.29 is 9.84 Å². The lowest BCUT2D eigenvalue weighted by molar-refractivity contribution is 0.220. The number of aliphatic hydroxyl groups is 1. The van der Waals surface area contributed by atoms with E-state index < -0.39 is 6.10 Å². The number of nitrogen functional groups attached to an aromatic ring is 1. The Labute approximate surface area is 117 Å². The molecule has 1 unspecified atom stereocenters. The van der Waals surface area contributed by atoms with E-state index in [1.54, 1.807) is 18.2 Å². The highest BCUT2D eigenvalue weighted by molar-refractivity contribution is 6.33. The molecule has 0 saturated carbocycles. The fourth-order valence-electron chi connectivity index (χ4n) is 1.84. The van der Waals surface area contributed by atoms with Crippen molar-refractivity contribution in [1.29, 1.82) is 0 Å². The molecule has 0 amide bonds. The number of ether oxygens (including phenoxy) is 1. The first-order valence-corrected chi connectivity index (χ1v) is 6.45. The van der Waals surface area contributed by atoms with Crippen LogP contribution in [0.5, 0.6) is 5.75 Å². The molecule has 3 N–H and O–H groups in total. The van der Waals surface area contributed by atoms with Gasteiger partial charge in [-0.15, -0.1) is 0 Å². The molecule has 0 spiro atoms. The second kappa shape index (κ2) is 5.95. The molecule has 4 heteroatoms. The minimum atomic E-state index is -0.727. The Morgan fingerprint density at radius 2 is 1.79 bits per heavy atom. The van der Waals surface area contributed by atoms with Crippen LogP contribution in [0.3, 0.4) is 0 Å². The van der Waals surface area contributed by atoms with Gasteiger partial charge in [0.2, 0.25) is 0 Å². The maximum Gasteiger partial charge on any atom is 0.119 e. The molecule has 2 rings (SSSR count). The van der Waals surface area contributed by atoms with Crippen LogP contribution in [0.4, 0.5) is 5.69 Å². The lowest BCUT2D eigenvalue weighted by Crippen LogP contribution is -2.01. The predicted molar refractivity (Wildman–Crippen MR) is 77.5 cm³/mol. The van der Waals surface area contributed by atoms with Crippen LogP contribution in [-0.2, 0) is 0 Å². The normalized spacial score (nSPS) is 12.2. The van der Waals surface area contributed by atoms with E-state index in [-0.39, 0.29) is 0 Å². The topological polar surface area (TPSA) is 55.5 Å². The predicted octanol–water partition coefficient (Wildman–Crippen LogP) is 3.40. The smallest absolute Gasteiger partial charge is 0.119 e. The van der Waals surface area contributed by atoms with E-state index in [0.29, 0.717) is 22.9 Å². The van der Waals surface area contributed by atoms with Gasteiger partial charge < -0.3 is 15.6 Å². The van der Waals surface area contributed by atoms with Crippen molar-refractivity contribution in [3.05, 3.63) is 58.6 Å². The molecular weight excluding hydrogens is 262 g/mol. The van der Waals surface area contributed by atoms with E-state index in [9.17, 15) is 5.11 Å². The van der Waals surface area contributed by atoms with Crippen LogP contribution < -0.4 is 10.5 Å². The molecule has 0 aliphatic heterocycles. The van der Waals surface area contributed by atoms with Crippen LogP contribution in [0.2, 0.25) is 5.02 Å². The van der Waals surface area contributed by atoms with E-state index in [4.69, 9.17) is 22.1 Å². The summed E-state index contributed by atoms with van der Waals surface area (Å²) in [6.45, 7) is 2.55. The average molecular weight is 278 g/mol. The standard InChI is InChI=1S/C15H16ClNO2/c1-2-19-12-6-3-10(4-7-12)15(18)11-5-8-13(16)14(17)9-11/h3-9,15,18H,2,17H2,1H3. The third kappa shape index (κ3) is 3.19. The summed E-state index contributed by atoms with van der Waals surface area (Å²) in [6, 6.07) is 12.5. The van der Waals surface area contributed by atoms with Crippen molar-refractivity contribution in [2.24, 2.45) is 0 Å². The summed E-state index contributed by atoms with van der Waals surface area (Å²) in [7, 11) is 0. The van der Waals surface area contributed by atoms with Gasteiger partial charge in [0.1, 0.15) is 11.9 Å². The maximum atomic E-state index is 10.3. The van der Waals surface area contributed by atoms with Gasteiger partial charge in [-0.1, -0.05) is 29.8 Å². The van der Waals surface area contributed by atoms with E-state index in [0.717, 1.165) is 11.3 Å². The average Bonchev–Trinajstić information content (AvgIpc) is 2.42. The van der Waals surface area contributed by atoms with Gasteiger partial charge in [0.05, 0.1) is 17.3 Å². The molecular formula is C15H16ClNO2. The summed E-state index contributed by atoms with van der Waals surface area (Å²) in [4.78, 5) is 0. The number of nitrogens with two attached hydrogens (primary N) is 1. The van der Waals surface area contributed by atoms with Crippen molar-refractivity contribution in [1.82, 2.24) is 0 Å². The van der Waals surface area contributed by atoms with Crippen molar-refractivity contribution >= 4 is 17.3 Å². The Balaban J connectivity index is 2.22. The van der Waals surface area contributed by atoms with Gasteiger partial charge in [-0.2, -0.15) is 0 Å². The maximum absolute atomic E-state index is 10.3. The molecule has 0 saturated heterocycles. The Morgan fingerprint density at radius 1 is 1.16 bits per heavy atom. The molecule has 0 aliphatic rings. The Bertz CT molecular complexity index is 555. The number of halogens is 1. The number of hydrogen-bond donors (Lipinski definition) is 2. The number of anilines is 1. The third-order valence-electron chi connectivity index (χ3n) is 2.84. The van der Waals surface area contributed by atoms with E-state index >= 15 is 0 Å². The van der Waals surface area contributed by atoms with Crippen LogP contribution in [-0.4, -0.2) is 11.7 Å². The van der Waals surface area contributed by atoms with E-state index in [2.05, 4.69) is 0 Å². The zero-order valence-electron chi connectivity index (χ0n) is 10.6. The minimum Gasteiger partial charge on any atom is -0.494 e. The highest BCUT2D eigenvalue weighted by Crippen LogP contribution is 2.28. The number of hydrogen-bond acceptors (Lipinski definition) is 3. The third-order valence-corrected chi connectivity index (χ3v) is 3.19. The molecule has 0 aliphatic carbocycles. The zero-order chi connectivity index (χ0) is 13.8. The molecule has 0 bridgehead atoms. The molecule has 2 aromatic rings. The summed E-state index contributed by atoms with van der Waals surface area (Å²) in [6.07, 6.45) is -0.727. The fraction of sp³-hybridized carbons (Fsp3) is 0.200. The van der Waals surface area contributed by atoms with Gasteiger partial charge in [0.15, 0.2) is 0 Å². The first-order chi connectivity index (χ1) is 9.11. The van der Waals surface area contributed by atoms with Gasteiger partial charge in [-0.05, 0) is 42.3 Å². The van der Waals surface area contributed by atoms with Crippen LogP contribution in [0, 0.1) is 0 Å². The number of aliphatic hydroxyl groups excluding tert-OH is 1. The zero-order valence-corrected chi connectivity index (χ0v) is 11.4. The van der Waals surface area contributed by atoms with Crippen molar-refractivity contribution in [3.8, 4) is 5.75 Å². The molecule has 100 valence electrons. The molecule has 19 heavy (non-hydrogen) atoms. The highest BCUT2D eigenvalue weighted by atomic mass is 35.5. The van der Waals surface area contributed by atoms with Crippen molar-refractivity contribution in [2.45, 2.75) is 13.0 Å². The molecule has 2 aromatic carbocycles. The van der Waals surface area contributed by atoms with Crippen LogP contribution >= 0.6 is 11.6 Å². The summed E-state index contributed by atoms with van der Waals surface area (Å²) >= 11 is 5.86. The quantitative estimate of drug-likeness (QED) is 0.842. The lowest BCUT2D eigenvalue weighted by atomic mass is 10.0. The molecule has 0 aromatic heterocycles. The fourth-order valence-corrected chi connectivity index (χ4v) is 1.96. The summed E-state index contributed by atoms with van der Waals surface area (Å²) in [5, 5.41) is 10.8. The Morgan fingerprint density at radius 3 is 2.37 bits per heavy atom. The van der Waals surface area contributed by atoms with Crippen LogP contribution in [0.25, 0.3) is 0 Å². The first-order valence-electron chi connectivity index (χ1n) is 6.07. The number of rotatable bonds is 4. The van der Waals surface area contributed by atoms with Crippen molar-refractivity contribution in [2.75, 3.05) is 12.3 Å². The highest BCUT2D eigenvalue weighted by Gasteiger charge is 2.11. The summed E-state index contributed by atoms with van der Waals surface area (Å²) in [5.74, 6) is 0.786. The number of benzene rings is 2. The lowest BCUT2D eigenvalue weighted by Gasteiger charge is -2.13. The summed E-state index contributed by atoms with van der Waals surface area (Å²) in [5.41, 5.74) is 7.70. The Kier molecular flexibility index (Phi) is 4.30. The van der Waals surface area contributed by atoms with Gasteiger partial charge in [0, 0.05) is 0 Å². The molecule has 0 radical (unpaired) electrons. The minimum absolute atomic E-state index is 0.462. The molecule has 0 fully saturated rings. The van der Waals surface area contributed by atoms with Crippen LogP contribution in [0.1, 0.15) is 24.2 Å². The summed E-state index contributed by atoms with van der Waals surface area (Å²) < 4.78 is 5.36. The molecule has 1 atom stereocenters. The van der Waals surface area contributed by atoms with Gasteiger partial charge in [0.25, 0.3) is 0 Å². The molecule has 0 heterocycles.